The molecule has 0 N–H and O–H groups in total. The molecule has 0 fully saturated rings. The van der Waals surface area contributed by atoms with E-state index in [1.165, 1.54) is 0 Å². The Morgan fingerprint density at radius 2 is 1.72 bits per heavy atom. The van der Waals surface area contributed by atoms with E-state index < -0.39 is 0 Å². The first-order chi connectivity index (χ1) is 19.0. The number of hydrogen-bond acceptors (Lipinski definition) is 6. The Bertz CT molecular complexity index is 1870. The van der Waals surface area contributed by atoms with Crippen LogP contribution in [0.15, 0.2) is 79.1 Å². The van der Waals surface area contributed by atoms with Gasteiger partial charge in [-0.25, -0.2) is 19.2 Å². The first kappa shape index (κ1) is 23.7. The second-order valence-electron chi connectivity index (χ2n) is 9.15. The predicted molar refractivity (Wildman–Crippen MR) is 149 cm³/mol. The van der Waals surface area contributed by atoms with E-state index in [-0.39, 0.29) is 5.92 Å². The molecule has 0 aliphatic carbocycles. The lowest BCUT2D eigenvalue weighted by atomic mass is 9.84. The third-order valence-corrected chi connectivity index (χ3v) is 7.39. The van der Waals surface area contributed by atoms with Crippen molar-refractivity contribution < 1.29 is 9.47 Å². The number of fused-ring (bicyclic) bond motifs is 4. The number of aryl methyl sites for hydroxylation is 1. The van der Waals surface area contributed by atoms with Crippen LogP contribution in [0.2, 0.25) is 10.0 Å². The zero-order chi connectivity index (χ0) is 26.7. The summed E-state index contributed by atoms with van der Waals surface area (Å²) in [6.45, 7) is 1.99. The van der Waals surface area contributed by atoms with E-state index in [1.54, 1.807) is 30.1 Å². The number of nitrogens with zero attached hydrogens (tertiary/aromatic N) is 6. The quantitative estimate of drug-likeness (QED) is 0.236. The predicted octanol–water partition coefficient (Wildman–Crippen LogP) is 6.89. The zero-order valence-electron chi connectivity index (χ0n) is 20.8. The molecule has 8 nitrogen and oxygen atoms in total. The molecule has 0 saturated carbocycles. The molecule has 4 heterocycles. The smallest absolute Gasteiger partial charge is 0.230 e. The van der Waals surface area contributed by atoms with E-state index in [0.717, 1.165) is 33.8 Å². The van der Waals surface area contributed by atoms with Crippen molar-refractivity contribution in [3.05, 3.63) is 112 Å². The molecule has 0 spiro atoms. The Kier molecular flexibility index (Phi) is 5.54. The minimum Gasteiger partial charge on any atom is -0.497 e. The lowest BCUT2D eigenvalue weighted by molar-refractivity contribution is 0.402. The summed E-state index contributed by atoms with van der Waals surface area (Å²) in [5, 5.41) is 10.6. The van der Waals surface area contributed by atoms with E-state index in [4.69, 9.17) is 42.8 Å². The molecular formula is C29H20Cl2N6O2. The van der Waals surface area contributed by atoms with Crippen LogP contribution in [-0.4, -0.2) is 36.5 Å². The molecular weight excluding hydrogens is 535 g/mol. The number of hydrogen-bond donors (Lipinski definition) is 0. The fourth-order valence-electron chi connectivity index (χ4n) is 5.04. The molecule has 1 aliphatic rings. The van der Waals surface area contributed by atoms with Crippen LogP contribution in [-0.2, 0) is 0 Å². The number of rotatable bonds is 4. The fraction of sp³-hybridized carbons (Fsp3) is 0.103. The van der Waals surface area contributed by atoms with E-state index >= 15 is 0 Å². The summed E-state index contributed by atoms with van der Waals surface area (Å²) in [6, 6.07) is 23.1. The second-order valence-corrected chi connectivity index (χ2v) is 9.99. The molecule has 3 aromatic heterocycles. The summed E-state index contributed by atoms with van der Waals surface area (Å²) in [4.78, 5) is 9.58. The molecule has 10 heteroatoms. The van der Waals surface area contributed by atoms with Crippen molar-refractivity contribution in [1.29, 1.82) is 0 Å². The fourth-order valence-corrected chi connectivity index (χ4v) is 5.53. The molecule has 0 bridgehead atoms. The van der Waals surface area contributed by atoms with Crippen molar-refractivity contribution in [2.75, 3.05) is 7.11 Å². The Morgan fingerprint density at radius 3 is 2.46 bits per heavy atom. The highest BCUT2D eigenvalue weighted by molar-refractivity contribution is 6.36. The summed E-state index contributed by atoms with van der Waals surface area (Å²) in [6.07, 6.45) is 1.60. The van der Waals surface area contributed by atoms with Gasteiger partial charge in [-0.1, -0.05) is 53.5 Å². The standard InChI is InChI=1S/C29H20Cl2N6O2/c1-16-23-24(17-8-11-20(38-2)12-9-17)25-27-33-26(21-13-10-18(30)14-22(21)31)35-36(27)15-32-28(25)39-29(23)37(34-16)19-6-4-3-5-7-19/h3-15,24H,1-2H3/t24-/m0/s1. The van der Waals surface area contributed by atoms with Crippen molar-refractivity contribution >= 4 is 28.8 Å². The van der Waals surface area contributed by atoms with E-state index in [2.05, 4.69) is 10.1 Å². The first-order valence-corrected chi connectivity index (χ1v) is 12.9. The second kappa shape index (κ2) is 9.11. The molecule has 1 aliphatic heterocycles. The van der Waals surface area contributed by atoms with Crippen molar-refractivity contribution in [2.24, 2.45) is 0 Å². The molecule has 39 heavy (non-hydrogen) atoms. The summed E-state index contributed by atoms with van der Waals surface area (Å²) in [5.74, 6) is 2.00. The molecule has 7 rings (SSSR count). The molecule has 192 valence electrons. The Labute approximate surface area is 233 Å². The molecule has 6 aromatic rings. The minimum absolute atomic E-state index is 0.277. The third-order valence-electron chi connectivity index (χ3n) is 6.84. The van der Waals surface area contributed by atoms with Crippen LogP contribution in [0.3, 0.4) is 0 Å². The van der Waals surface area contributed by atoms with Crippen molar-refractivity contribution in [3.63, 3.8) is 0 Å². The van der Waals surface area contributed by atoms with Crippen LogP contribution in [0, 0.1) is 6.92 Å². The van der Waals surface area contributed by atoms with Gasteiger partial charge < -0.3 is 9.47 Å². The maximum atomic E-state index is 6.50. The average molecular weight is 555 g/mol. The van der Waals surface area contributed by atoms with Crippen molar-refractivity contribution in [3.8, 4) is 34.6 Å². The molecule has 0 saturated heterocycles. The Morgan fingerprint density at radius 1 is 0.923 bits per heavy atom. The van der Waals surface area contributed by atoms with E-state index in [9.17, 15) is 0 Å². The monoisotopic (exact) mass is 554 g/mol. The summed E-state index contributed by atoms with van der Waals surface area (Å²) in [5.41, 5.74) is 5.74. The third kappa shape index (κ3) is 3.83. The largest absolute Gasteiger partial charge is 0.497 e. The van der Waals surface area contributed by atoms with Crippen LogP contribution < -0.4 is 9.47 Å². The highest BCUT2D eigenvalue weighted by atomic mass is 35.5. The molecule has 0 amide bonds. The molecule has 0 unspecified atom stereocenters. The summed E-state index contributed by atoms with van der Waals surface area (Å²) < 4.78 is 15.4. The lowest BCUT2D eigenvalue weighted by Gasteiger charge is -2.26. The van der Waals surface area contributed by atoms with Crippen LogP contribution in [0.1, 0.15) is 28.3 Å². The van der Waals surface area contributed by atoms with Gasteiger partial charge in [-0.05, 0) is 55.0 Å². The molecule has 3 aromatic carbocycles. The summed E-state index contributed by atoms with van der Waals surface area (Å²) in [7, 11) is 1.65. The van der Waals surface area contributed by atoms with Gasteiger partial charge in [-0.2, -0.15) is 5.10 Å². The normalized spacial score (nSPS) is 14.1. The number of methoxy groups -OCH3 is 1. The number of aromatic nitrogens is 6. The van der Waals surface area contributed by atoms with Crippen molar-refractivity contribution in [1.82, 2.24) is 29.4 Å². The van der Waals surface area contributed by atoms with Gasteiger partial charge in [-0.3, -0.25) is 0 Å². The van der Waals surface area contributed by atoms with Gasteiger partial charge in [-0.15, -0.1) is 5.10 Å². The van der Waals surface area contributed by atoms with Gasteiger partial charge in [0.15, 0.2) is 11.5 Å². The van der Waals surface area contributed by atoms with Gasteiger partial charge >= 0.3 is 0 Å². The van der Waals surface area contributed by atoms with Gasteiger partial charge in [0.25, 0.3) is 0 Å². The SMILES string of the molecule is COc1ccc([C@H]2c3c(C)nn(-c4ccccc4)c3Oc3ncn4nc(-c5ccc(Cl)cc5Cl)nc4c32)cc1. The lowest BCUT2D eigenvalue weighted by Crippen LogP contribution is -2.16. The van der Waals surface area contributed by atoms with Gasteiger partial charge in [0.05, 0.1) is 40.6 Å². The molecule has 0 radical (unpaired) electrons. The summed E-state index contributed by atoms with van der Waals surface area (Å²) >= 11 is 12.6. The van der Waals surface area contributed by atoms with E-state index in [1.807, 2.05) is 72.3 Å². The Balaban J connectivity index is 1.48. The van der Waals surface area contributed by atoms with Crippen LogP contribution in [0.4, 0.5) is 0 Å². The highest BCUT2D eigenvalue weighted by Gasteiger charge is 2.38. The number of ether oxygens (including phenoxy) is 2. The van der Waals surface area contributed by atoms with Gasteiger partial charge in [0.1, 0.15) is 12.1 Å². The molecule has 1 atom stereocenters. The van der Waals surface area contributed by atoms with Gasteiger partial charge in [0, 0.05) is 10.6 Å². The maximum Gasteiger partial charge on any atom is 0.230 e. The minimum atomic E-state index is -0.277. The van der Waals surface area contributed by atoms with Crippen LogP contribution in [0.25, 0.3) is 22.7 Å². The number of halogens is 2. The average Bonchev–Trinajstić information content (AvgIpc) is 3.53. The van der Waals surface area contributed by atoms with Crippen molar-refractivity contribution in [2.45, 2.75) is 12.8 Å². The number of para-hydroxylation sites is 1. The highest BCUT2D eigenvalue weighted by Crippen LogP contribution is 2.50. The van der Waals surface area contributed by atoms with E-state index in [0.29, 0.717) is 38.8 Å². The van der Waals surface area contributed by atoms with Crippen LogP contribution in [0.5, 0.6) is 17.5 Å². The maximum absolute atomic E-state index is 6.50. The topological polar surface area (TPSA) is 79.4 Å². The van der Waals surface area contributed by atoms with Gasteiger partial charge in [0.2, 0.25) is 11.8 Å². The Hall–Kier alpha value is -4.40. The number of benzene rings is 3. The van der Waals surface area contributed by atoms with Crippen LogP contribution >= 0.6 is 23.2 Å². The zero-order valence-corrected chi connectivity index (χ0v) is 22.4. The first-order valence-electron chi connectivity index (χ1n) is 12.2.